The van der Waals surface area contributed by atoms with Crippen molar-refractivity contribution in [2.45, 2.75) is 32.3 Å². The topological polar surface area (TPSA) is 68.3 Å². The highest BCUT2D eigenvalue weighted by molar-refractivity contribution is 6.06. The van der Waals surface area contributed by atoms with Gasteiger partial charge in [0.2, 0.25) is 0 Å². The molecular formula is C28H24N2O3. The molecule has 5 heteroatoms. The first-order chi connectivity index (χ1) is 16.1. The Kier molecular flexibility index (Phi) is 5.61. The van der Waals surface area contributed by atoms with Crippen LogP contribution in [-0.2, 0) is 22.4 Å². The van der Waals surface area contributed by atoms with Crippen molar-refractivity contribution in [1.82, 2.24) is 4.98 Å². The van der Waals surface area contributed by atoms with Crippen LogP contribution in [0.2, 0.25) is 0 Å². The summed E-state index contributed by atoms with van der Waals surface area (Å²) >= 11 is 0. The molecule has 0 spiro atoms. The molecule has 0 bridgehead atoms. The number of aromatic nitrogens is 1. The van der Waals surface area contributed by atoms with Gasteiger partial charge in [0, 0.05) is 22.3 Å². The molecule has 1 heterocycles. The number of rotatable bonds is 5. The van der Waals surface area contributed by atoms with E-state index in [0.717, 1.165) is 52.5 Å². The normalized spacial score (nSPS) is 13.4. The maximum atomic E-state index is 13.2. The number of pyridine rings is 1. The Balaban J connectivity index is 1.38. The van der Waals surface area contributed by atoms with E-state index in [9.17, 15) is 9.59 Å². The van der Waals surface area contributed by atoms with Crippen LogP contribution < -0.4 is 5.32 Å². The summed E-state index contributed by atoms with van der Waals surface area (Å²) in [6, 6.07) is 25.0. The molecule has 0 saturated carbocycles. The lowest BCUT2D eigenvalue weighted by Crippen LogP contribution is -2.30. The minimum Gasteiger partial charge on any atom is -0.449 e. The van der Waals surface area contributed by atoms with Crippen LogP contribution >= 0.6 is 0 Å². The Labute approximate surface area is 192 Å². The number of ether oxygens (including phenoxy) is 1. The van der Waals surface area contributed by atoms with E-state index in [2.05, 4.69) is 5.32 Å². The number of anilines is 1. The molecule has 3 aromatic carbocycles. The van der Waals surface area contributed by atoms with Gasteiger partial charge in [-0.05, 0) is 49.4 Å². The minimum atomic E-state index is -0.953. The van der Waals surface area contributed by atoms with Crippen molar-refractivity contribution in [3.8, 4) is 11.1 Å². The number of nitrogens with zero attached hydrogens (tertiary/aromatic N) is 1. The Morgan fingerprint density at radius 2 is 1.64 bits per heavy atom. The maximum absolute atomic E-state index is 13.2. The second-order valence-electron chi connectivity index (χ2n) is 8.23. The number of aryl methyl sites for hydroxylation is 1. The molecule has 1 aromatic heterocycles. The van der Waals surface area contributed by atoms with Gasteiger partial charge in [-0.15, -0.1) is 0 Å². The van der Waals surface area contributed by atoms with Gasteiger partial charge in [-0.2, -0.15) is 0 Å². The van der Waals surface area contributed by atoms with Crippen molar-refractivity contribution in [3.63, 3.8) is 0 Å². The van der Waals surface area contributed by atoms with Gasteiger partial charge in [-0.1, -0.05) is 66.7 Å². The summed E-state index contributed by atoms with van der Waals surface area (Å²) < 4.78 is 5.67. The summed E-state index contributed by atoms with van der Waals surface area (Å²) in [5, 5.41) is 3.70. The van der Waals surface area contributed by atoms with Crippen LogP contribution in [0.25, 0.3) is 22.0 Å². The zero-order valence-corrected chi connectivity index (χ0v) is 18.4. The second-order valence-corrected chi connectivity index (χ2v) is 8.23. The second kappa shape index (κ2) is 8.87. The lowest BCUT2D eigenvalue weighted by atomic mass is 10.0. The van der Waals surface area contributed by atoms with Crippen LogP contribution in [0.3, 0.4) is 0 Å². The highest BCUT2D eigenvalue weighted by Crippen LogP contribution is 2.31. The lowest BCUT2D eigenvalue weighted by molar-refractivity contribution is -0.123. The summed E-state index contributed by atoms with van der Waals surface area (Å²) in [5.74, 6) is -0.854. The fraction of sp³-hybridized carbons (Fsp3) is 0.179. The maximum Gasteiger partial charge on any atom is 0.339 e. The van der Waals surface area contributed by atoms with Crippen molar-refractivity contribution in [3.05, 3.63) is 95.7 Å². The van der Waals surface area contributed by atoms with Gasteiger partial charge in [0.25, 0.3) is 5.91 Å². The highest BCUT2D eigenvalue weighted by Gasteiger charge is 2.27. The molecule has 0 aliphatic heterocycles. The molecule has 0 radical (unpaired) electrons. The van der Waals surface area contributed by atoms with Gasteiger partial charge in [0.15, 0.2) is 6.10 Å². The zero-order chi connectivity index (χ0) is 22.8. The van der Waals surface area contributed by atoms with Crippen LogP contribution in [0.15, 0.2) is 78.9 Å². The Bertz CT molecular complexity index is 1350. The Morgan fingerprint density at radius 1 is 0.909 bits per heavy atom. The van der Waals surface area contributed by atoms with Gasteiger partial charge >= 0.3 is 5.97 Å². The van der Waals surface area contributed by atoms with E-state index in [1.807, 2.05) is 78.9 Å². The van der Waals surface area contributed by atoms with Crippen molar-refractivity contribution >= 4 is 28.5 Å². The highest BCUT2D eigenvalue weighted by atomic mass is 16.5. The van der Waals surface area contributed by atoms with Crippen molar-refractivity contribution < 1.29 is 14.3 Å². The third kappa shape index (κ3) is 4.10. The fourth-order valence-electron chi connectivity index (χ4n) is 4.41. The molecule has 0 saturated heterocycles. The van der Waals surface area contributed by atoms with Crippen LogP contribution in [0.5, 0.6) is 0 Å². The van der Waals surface area contributed by atoms with Gasteiger partial charge in [0.1, 0.15) is 0 Å². The van der Waals surface area contributed by atoms with Crippen LogP contribution in [0, 0.1) is 0 Å². The number of benzene rings is 3. The zero-order valence-electron chi connectivity index (χ0n) is 18.4. The number of hydrogen-bond donors (Lipinski definition) is 1. The van der Waals surface area contributed by atoms with E-state index in [4.69, 9.17) is 9.72 Å². The molecule has 4 aromatic rings. The van der Waals surface area contributed by atoms with Gasteiger partial charge in [-0.3, -0.25) is 9.78 Å². The summed E-state index contributed by atoms with van der Waals surface area (Å²) in [7, 11) is 0. The van der Waals surface area contributed by atoms with E-state index in [-0.39, 0.29) is 5.91 Å². The predicted octanol–water partition coefficient (Wildman–Crippen LogP) is 5.57. The summed E-state index contributed by atoms with van der Waals surface area (Å²) in [6.45, 7) is 1.60. The number of carbonyl (C=O) groups is 2. The average molecular weight is 437 g/mol. The number of esters is 1. The van der Waals surface area contributed by atoms with Gasteiger partial charge in [0.05, 0.1) is 11.1 Å². The summed E-state index contributed by atoms with van der Waals surface area (Å²) in [6.07, 6.45) is 1.66. The monoisotopic (exact) mass is 436 g/mol. The number of carbonyl (C=O) groups excluding carboxylic acids is 2. The molecule has 0 fully saturated rings. The number of amides is 1. The fourth-order valence-corrected chi connectivity index (χ4v) is 4.41. The van der Waals surface area contributed by atoms with Crippen molar-refractivity contribution in [1.29, 1.82) is 0 Å². The van der Waals surface area contributed by atoms with Crippen LogP contribution in [0.1, 0.15) is 35.0 Å². The summed E-state index contributed by atoms with van der Waals surface area (Å²) in [5.41, 5.74) is 5.79. The third-order valence-electron chi connectivity index (χ3n) is 6.05. The molecule has 1 atom stereocenters. The van der Waals surface area contributed by atoms with Crippen molar-refractivity contribution in [2.24, 2.45) is 0 Å². The molecule has 33 heavy (non-hydrogen) atoms. The Hall–Kier alpha value is -3.99. The quantitative estimate of drug-likeness (QED) is 0.415. The van der Waals surface area contributed by atoms with Crippen molar-refractivity contribution in [2.75, 3.05) is 5.32 Å². The van der Waals surface area contributed by atoms with Gasteiger partial charge in [-0.25, -0.2) is 4.79 Å². The van der Waals surface area contributed by atoms with E-state index in [0.29, 0.717) is 11.3 Å². The minimum absolute atomic E-state index is 0.373. The smallest absolute Gasteiger partial charge is 0.339 e. The summed E-state index contributed by atoms with van der Waals surface area (Å²) in [4.78, 5) is 30.9. The SMILES string of the molecule is CC(OC(=O)c1c2c(nc3ccccc13)CCC2)C(=O)Nc1ccccc1-c1ccccc1. The lowest BCUT2D eigenvalue weighted by Gasteiger charge is -2.17. The first-order valence-electron chi connectivity index (χ1n) is 11.2. The van der Waals surface area contributed by atoms with E-state index >= 15 is 0 Å². The Morgan fingerprint density at radius 3 is 2.48 bits per heavy atom. The molecular weight excluding hydrogens is 412 g/mol. The third-order valence-corrected chi connectivity index (χ3v) is 6.05. The number of nitrogens with one attached hydrogen (secondary N) is 1. The molecule has 1 unspecified atom stereocenters. The van der Waals surface area contributed by atoms with E-state index in [1.54, 1.807) is 6.92 Å². The number of para-hydroxylation sites is 2. The molecule has 1 N–H and O–H groups in total. The molecule has 1 amide bonds. The molecule has 5 rings (SSSR count). The number of hydrogen-bond acceptors (Lipinski definition) is 4. The van der Waals surface area contributed by atoms with Crippen LogP contribution in [-0.4, -0.2) is 23.0 Å². The first kappa shape index (κ1) is 20.9. The van der Waals surface area contributed by atoms with E-state index < -0.39 is 12.1 Å². The predicted molar refractivity (Wildman–Crippen MR) is 129 cm³/mol. The molecule has 1 aliphatic rings. The van der Waals surface area contributed by atoms with Gasteiger partial charge < -0.3 is 10.1 Å². The standard InChI is InChI=1S/C28H24N2O3/c1-18(27(31)30-23-15-7-5-12-20(23)19-10-3-2-4-11-19)33-28(32)26-21-13-6-8-16-24(21)29-25-17-9-14-22(25)26/h2-8,10-13,15-16,18H,9,14,17H2,1H3,(H,30,31). The molecule has 164 valence electrons. The molecule has 5 nitrogen and oxygen atoms in total. The molecule has 1 aliphatic carbocycles. The largest absolute Gasteiger partial charge is 0.449 e. The average Bonchev–Trinajstić information content (AvgIpc) is 3.31. The first-order valence-corrected chi connectivity index (χ1v) is 11.2. The number of fused-ring (bicyclic) bond motifs is 2. The van der Waals surface area contributed by atoms with Crippen LogP contribution in [0.4, 0.5) is 5.69 Å². The van der Waals surface area contributed by atoms with E-state index in [1.165, 1.54) is 0 Å².